The summed E-state index contributed by atoms with van der Waals surface area (Å²) in [6.45, 7) is 1.21. The van der Waals surface area contributed by atoms with E-state index < -0.39 is 0 Å². The zero-order valence-corrected chi connectivity index (χ0v) is 16.0. The average Bonchev–Trinajstić information content (AvgIpc) is 3.41. The maximum absolute atomic E-state index is 5.55. The van der Waals surface area contributed by atoms with Crippen LogP contribution in [-0.2, 0) is 4.74 Å². The van der Waals surface area contributed by atoms with Crippen molar-refractivity contribution in [2.45, 2.75) is 0 Å². The smallest absolute Gasteiger partial charge is 0.170 e. The van der Waals surface area contributed by atoms with Crippen LogP contribution in [0, 0.1) is 0 Å². The van der Waals surface area contributed by atoms with Crippen LogP contribution in [0.4, 0.5) is 5.69 Å². The van der Waals surface area contributed by atoms with Gasteiger partial charge in [0.1, 0.15) is 11.4 Å². The molecule has 4 rings (SSSR count). The number of benzene rings is 1. The first-order valence-corrected chi connectivity index (χ1v) is 9.09. The van der Waals surface area contributed by atoms with Crippen LogP contribution in [0.5, 0.6) is 0 Å². The number of nitrogens with one attached hydrogen (secondary N) is 2. The van der Waals surface area contributed by atoms with Gasteiger partial charge in [-0.05, 0) is 54.7 Å². The van der Waals surface area contributed by atoms with Crippen molar-refractivity contribution in [1.82, 2.24) is 15.3 Å². The van der Waals surface area contributed by atoms with Gasteiger partial charge in [0.25, 0.3) is 0 Å². The SMILES string of the molecule is COCCNC(=S)Nc1ccc2nc(-c3ccco3)c(-c3ccco3)nc2c1. The van der Waals surface area contributed by atoms with E-state index in [-0.39, 0.29) is 0 Å². The second-order valence-electron chi connectivity index (χ2n) is 5.95. The normalized spacial score (nSPS) is 10.9. The van der Waals surface area contributed by atoms with Crippen molar-refractivity contribution < 1.29 is 13.6 Å². The van der Waals surface area contributed by atoms with E-state index in [1.807, 2.05) is 42.5 Å². The lowest BCUT2D eigenvalue weighted by molar-refractivity contribution is 0.204. The van der Waals surface area contributed by atoms with Crippen molar-refractivity contribution in [3.8, 4) is 22.9 Å². The molecule has 0 fully saturated rings. The second-order valence-corrected chi connectivity index (χ2v) is 6.36. The Morgan fingerprint density at radius 3 is 2.29 bits per heavy atom. The van der Waals surface area contributed by atoms with Crippen LogP contribution in [0.3, 0.4) is 0 Å². The molecule has 142 valence electrons. The first-order chi connectivity index (χ1) is 13.7. The van der Waals surface area contributed by atoms with Gasteiger partial charge < -0.3 is 24.2 Å². The van der Waals surface area contributed by atoms with Gasteiger partial charge >= 0.3 is 0 Å². The number of aromatic nitrogens is 2. The zero-order chi connectivity index (χ0) is 19.3. The predicted octanol–water partition coefficient (Wildman–Crippen LogP) is 4.08. The van der Waals surface area contributed by atoms with Crippen LogP contribution < -0.4 is 10.6 Å². The molecule has 0 aliphatic rings. The molecule has 4 aromatic rings. The van der Waals surface area contributed by atoms with Crippen molar-refractivity contribution in [3.05, 3.63) is 55.0 Å². The van der Waals surface area contributed by atoms with E-state index in [0.717, 1.165) is 11.2 Å². The van der Waals surface area contributed by atoms with Crippen LogP contribution in [-0.4, -0.2) is 35.3 Å². The second kappa shape index (κ2) is 8.20. The summed E-state index contributed by atoms with van der Waals surface area (Å²) in [6.07, 6.45) is 3.22. The third kappa shape index (κ3) is 3.88. The van der Waals surface area contributed by atoms with E-state index >= 15 is 0 Å². The average molecular weight is 394 g/mol. The first kappa shape index (κ1) is 18.1. The minimum absolute atomic E-state index is 0.517. The molecule has 3 heterocycles. The molecule has 0 aliphatic heterocycles. The van der Waals surface area contributed by atoms with E-state index in [0.29, 0.717) is 46.7 Å². The fourth-order valence-corrected chi connectivity index (χ4v) is 2.96. The molecule has 0 atom stereocenters. The van der Waals surface area contributed by atoms with Gasteiger partial charge in [-0.15, -0.1) is 0 Å². The summed E-state index contributed by atoms with van der Waals surface area (Å²) in [5, 5.41) is 6.73. The fraction of sp³-hybridized carbons (Fsp3) is 0.150. The summed E-state index contributed by atoms with van der Waals surface area (Å²) in [7, 11) is 1.65. The number of anilines is 1. The van der Waals surface area contributed by atoms with E-state index in [2.05, 4.69) is 10.6 Å². The molecule has 1 aromatic carbocycles. The highest BCUT2D eigenvalue weighted by Gasteiger charge is 2.17. The highest BCUT2D eigenvalue weighted by Crippen LogP contribution is 2.32. The topological polar surface area (TPSA) is 85.4 Å². The molecule has 7 nitrogen and oxygen atoms in total. The Morgan fingerprint density at radius 1 is 1.00 bits per heavy atom. The maximum Gasteiger partial charge on any atom is 0.170 e. The summed E-state index contributed by atoms with van der Waals surface area (Å²) >= 11 is 5.30. The van der Waals surface area contributed by atoms with Crippen LogP contribution in [0.1, 0.15) is 0 Å². The fourth-order valence-electron chi connectivity index (χ4n) is 2.74. The lowest BCUT2D eigenvalue weighted by atomic mass is 10.1. The number of ether oxygens (including phenoxy) is 1. The Labute approximate surface area is 166 Å². The zero-order valence-electron chi connectivity index (χ0n) is 15.1. The number of rotatable bonds is 6. The standard InChI is InChI=1S/C20H18N4O3S/c1-25-11-8-21-20(28)22-13-6-7-14-15(12-13)24-19(17-5-3-10-27-17)18(23-14)16-4-2-9-26-16/h2-7,9-10,12H,8,11H2,1H3,(H2,21,22,28). The van der Waals surface area contributed by atoms with Crippen molar-refractivity contribution in [1.29, 1.82) is 0 Å². The molecular formula is C20H18N4O3S. The van der Waals surface area contributed by atoms with Crippen molar-refractivity contribution in [2.75, 3.05) is 25.6 Å². The van der Waals surface area contributed by atoms with Crippen molar-refractivity contribution in [2.24, 2.45) is 0 Å². The molecular weight excluding hydrogens is 376 g/mol. The predicted molar refractivity (Wildman–Crippen MR) is 111 cm³/mol. The number of methoxy groups -OCH3 is 1. The number of thiocarbonyl (C=S) groups is 1. The summed E-state index contributed by atoms with van der Waals surface area (Å²) in [5.41, 5.74) is 3.51. The minimum atomic E-state index is 0.517. The Hall–Kier alpha value is -3.23. The monoisotopic (exact) mass is 394 g/mol. The Balaban J connectivity index is 1.69. The van der Waals surface area contributed by atoms with Gasteiger partial charge in [-0.1, -0.05) is 0 Å². The van der Waals surface area contributed by atoms with Crippen LogP contribution in [0.2, 0.25) is 0 Å². The number of furan rings is 2. The molecule has 8 heteroatoms. The molecule has 0 aliphatic carbocycles. The molecule has 0 saturated heterocycles. The quantitative estimate of drug-likeness (QED) is 0.374. The molecule has 0 spiro atoms. The maximum atomic E-state index is 5.55. The van der Waals surface area contributed by atoms with Crippen LogP contribution in [0.25, 0.3) is 33.9 Å². The summed E-state index contributed by atoms with van der Waals surface area (Å²) in [6, 6.07) is 13.0. The van der Waals surface area contributed by atoms with Crippen LogP contribution in [0.15, 0.2) is 63.8 Å². The molecule has 0 radical (unpaired) electrons. The number of fused-ring (bicyclic) bond motifs is 1. The van der Waals surface area contributed by atoms with Gasteiger partial charge in [0, 0.05) is 19.3 Å². The van der Waals surface area contributed by atoms with Gasteiger partial charge in [0.15, 0.2) is 16.6 Å². The third-order valence-electron chi connectivity index (χ3n) is 4.02. The van der Waals surface area contributed by atoms with Gasteiger partial charge in [-0.25, -0.2) is 9.97 Å². The van der Waals surface area contributed by atoms with Crippen molar-refractivity contribution in [3.63, 3.8) is 0 Å². The number of hydrogen-bond acceptors (Lipinski definition) is 6. The van der Waals surface area contributed by atoms with Gasteiger partial charge in [-0.2, -0.15) is 0 Å². The molecule has 28 heavy (non-hydrogen) atoms. The number of nitrogens with zero attached hydrogens (tertiary/aromatic N) is 2. The lowest BCUT2D eigenvalue weighted by Gasteiger charge is -2.11. The van der Waals surface area contributed by atoms with Crippen molar-refractivity contribution >= 4 is 34.1 Å². The lowest BCUT2D eigenvalue weighted by Crippen LogP contribution is -2.31. The highest BCUT2D eigenvalue weighted by atomic mass is 32.1. The third-order valence-corrected chi connectivity index (χ3v) is 4.27. The summed E-state index contributed by atoms with van der Waals surface area (Å²) in [5.74, 6) is 1.25. The largest absolute Gasteiger partial charge is 0.463 e. The molecule has 0 saturated carbocycles. The summed E-state index contributed by atoms with van der Waals surface area (Å²) in [4.78, 5) is 9.52. The van der Waals surface area contributed by atoms with E-state index in [4.69, 9.17) is 35.8 Å². The van der Waals surface area contributed by atoms with E-state index in [9.17, 15) is 0 Å². The van der Waals surface area contributed by atoms with E-state index in [1.165, 1.54) is 0 Å². The molecule has 3 aromatic heterocycles. The molecule has 2 N–H and O–H groups in total. The van der Waals surface area contributed by atoms with Crippen LogP contribution >= 0.6 is 12.2 Å². The molecule has 0 bridgehead atoms. The van der Waals surface area contributed by atoms with Gasteiger partial charge in [0.05, 0.1) is 30.2 Å². The minimum Gasteiger partial charge on any atom is -0.463 e. The van der Waals surface area contributed by atoms with Gasteiger partial charge in [0.2, 0.25) is 0 Å². The van der Waals surface area contributed by atoms with Gasteiger partial charge in [-0.3, -0.25) is 0 Å². The Bertz CT molecular complexity index is 1080. The Kier molecular flexibility index (Phi) is 5.31. The molecule has 0 amide bonds. The molecule has 0 unspecified atom stereocenters. The number of hydrogen-bond donors (Lipinski definition) is 2. The summed E-state index contributed by atoms with van der Waals surface area (Å²) < 4.78 is 16.1. The Morgan fingerprint density at radius 2 is 1.68 bits per heavy atom. The first-order valence-electron chi connectivity index (χ1n) is 8.68. The van der Waals surface area contributed by atoms with E-state index in [1.54, 1.807) is 19.6 Å². The highest BCUT2D eigenvalue weighted by molar-refractivity contribution is 7.80.